The number of nitrogens with one attached hydrogen (secondary N) is 3. The van der Waals surface area contributed by atoms with Crippen LogP contribution in [0.15, 0.2) is 85.1 Å². The van der Waals surface area contributed by atoms with Crippen molar-refractivity contribution in [3.05, 3.63) is 85.1 Å². The van der Waals surface area contributed by atoms with E-state index >= 15 is 0 Å². The van der Waals surface area contributed by atoms with E-state index < -0.39 is 0 Å². The van der Waals surface area contributed by atoms with Crippen LogP contribution in [0, 0.1) is 0 Å². The number of carbonyl (C=O) groups excluding carboxylic acids is 1. The number of hydrogen-bond donors (Lipinski definition) is 3. The van der Waals surface area contributed by atoms with Crippen LogP contribution in [0.5, 0.6) is 5.75 Å². The average molecular weight is 451 g/mol. The van der Waals surface area contributed by atoms with E-state index in [1.54, 1.807) is 0 Å². The third kappa shape index (κ3) is 4.71. The Morgan fingerprint density at radius 2 is 1.82 bits per heavy atom. The number of aromatic nitrogens is 2. The fraction of sp³-hybridized carbons (Fsp3) is 0.143. The highest BCUT2D eigenvalue weighted by Crippen LogP contribution is 2.34. The number of H-pyrrole nitrogens is 1. The molecular formula is C28H26N4O2. The molecule has 0 radical (unpaired) electrons. The van der Waals surface area contributed by atoms with Crippen LogP contribution in [0.3, 0.4) is 0 Å². The average Bonchev–Trinajstić information content (AvgIpc) is 3.30. The van der Waals surface area contributed by atoms with Crippen LogP contribution < -0.4 is 15.4 Å². The second kappa shape index (κ2) is 9.27. The maximum atomic E-state index is 12.0. The summed E-state index contributed by atoms with van der Waals surface area (Å²) >= 11 is 0. The van der Waals surface area contributed by atoms with Crippen molar-refractivity contribution in [1.29, 1.82) is 0 Å². The lowest BCUT2D eigenvalue weighted by molar-refractivity contribution is -0.123. The largest absolute Gasteiger partial charge is 0.484 e. The van der Waals surface area contributed by atoms with Crippen LogP contribution in [-0.4, -0.2) is 28.8 Å². The van der Waals surface area contributed by atoms with Crippen molar-refractivity contribution in [2.24, 2.45) is 0 Å². The molecule has 34 heavy (non-hydrogen) atoms. The monoisotopic (exact) mass is 450 g/mol. The van der Waals surface area contributed by atoms with E-state index in [0.717, 1.165) is 44.2 Å². The summed E-state index contributed by atoms with van der Waals surface area (Å²) in [7, 11) is 0. The summed E-state index contributed by atoms with van der Waals surface area (Å²) in [6.07, 6.45) is 1.82. The lowest BCUT2D eigenvalue weighted by Crippen LogP contribution is -2.34. The van der Waals surface area contributed by atoms with E-state index in [0.29, 0.717) is 5.75 Å². The van der Waals surface area contributed by atoms with Crippen molar-refractivity contribution in [3.63, 3.8) is 0 Å². The molecule has 0 saturated carbocycles. The summed E-state index contributed by atoms with van der Waals surface area (Å²) < 4.78 is 5.74. The fourth-order valence-electron chi connectivity index (χ4n) is 4.03. The number of anilines is 2. The Morgan fingerprint density at radius 3 is 2.71 bits per heavy atom. The first-order chi connectivity index (χ1) is 16.5. The van der Waals surface area contributed by atoms with Gasteiger partial charge in [0.1, 0.15) is 5.75 Å². The Hall–Kier alpha value is -4.32. The SMILES string of the molecule is CC(C)NC(=O)COc1cccc(-c2cc(Nc3ccc4[nH]ncc4c3)c3ccccc3c2)c1. The lowest BCUT2D eigenvalue weighted by atomic mass is 9.99. The standard InChI is InChI=1S/C28H26N4O2/c1-18(2)30-28(33)17-34-24-8-5-7-19(14-24)21-12-20-6-3-4-9-25(20)27(15-21)31-23-10-11-26-22(13-23)16-29-32-26/h3-16,18,31H,17H2,1-2H3,(H,29,32)(H,30,33). The van der Waals surface area contributed by atoms with Gasteiger partial charge in [0.2, 0.25) is 0 Å². The smallest absolute Gasteiger partial charge is 0.258 e. The quantitative estimate of drug-likeness (QED) is 0.283. The van der Waals surface area contributed by atoms with Crippen LogP contribution in [0.4, 0.5) is 11.4 Å². The van der Waals surface area contributed by atoms with Gasteiger partial charge in [-0.2, -0.15) is 5.10 Å². The normalized spacial score (nSPS) is 11.1. The van der Waals surface area contributed by atoms with Crippen molar-refractivity contribution in [2.75, 3.05) is 11.9 Å². The summed E-state index contributed by atoms with van der Waals surface area (Å²) in [4.78, 5) is 12.0. The molecule has 170 valence electrons. The third-order valence-corrected chi connectivity index (χ3v) is 5.57. The molecule has 0 atom stereocenters. The van der Waals surface area contributed by atoms with Crippen molar-refractivity contribution < 1.29 is 9.53 Å². The molecule has 3 N–H and O–H groups in total. The van der Waals surface area contributed by atoms with Gasteiger partial charge in [-0.1, -0.05) is 36.4 Å². The van der Waals surface area contributed by atoms with Gasteiger partial charge < -0.3 is 15.4 Å². The fourth-order valence-corrected chi connectivity index (χ4v) is 4.03. The summed E-state index contributed by atoms with van der Waals surface area (Å²) in [5.41, 5.74) is 5.08. The minimum Gasteiger partial charge on any atom is -0.484 e. The highest BCUT2D eigenvalue weighted by molar-refractivity contribution is 5.99. The van der Waals surface area contributed by atoms with E-state index in [4.69, 9.17) is 4.74 Å². The van der Waals surface area contributed by atoms with Crippen LogP contribution in [0.25, 0.3) is 32.8 Å². The van der Waals surface area contributed by atoms with Crippen molar-refractivity contribution >= 4 is 39.0 Å². The van der Waals surface area contributed by atoms with Crippen molar-refractivity contribution in [3.8, 4) is 16.9 Å². The van der Waals surface area contributed by atoms with E-state index in [-0.39, 0.29) is 18.6 Å². The maximum absolute atomic E-state index is 12.0. The molecule has 0 fully saturated rings. The molecule has 0 bridgehead atoms. The molecule has 0 spiro atoms. The minimum absolute atomic E-state index is 0.0113. The molecule has 0 unspecified atom stereocenters. The van der Waals surface area contributed by atoms with Gasteiger partial charge in [0.25, 0.3) is 5.91 Å². The summed E-state index contributed by atoms with van der Waals surface area (Å²) in [5, 5.41) is 16.8. The van der Waals surface area contributed by atoms with Crippen molar-refractivity contribution in [1.82, 2.24) is 15.5 Å². The van der Waals surface area contributed by atoms with Crippen LogP contribution in [0.1, 0.15) is 13.8 Å². The van der Waals surface area contributed by atoms with E-state index in [1.165, 1.54) is 0 Å². The first-order valence-electron chi connectivity index (χ1n) is 11.3. The zero-order valence-corrected chi connectivity index (χ0v) is 19.1. The van der Waals surface area contributed by atoms with E-state index in [9.17, 15) is 4.79 Å². The topological polar surface area (TPSA) is 79.0 Å². The van der Waals surface area contributed by atoms with Gasteiger partial charge in [-0.15, -0.1) is 0 Å². The van der Waals surface area contributed by atoms with Gasteiger partial charge >= 0.3 is 0 Å². The Labute approximate surface area is 198 Å². The Bertz CT molecular complexity index is 1470. The minimum atomic E-state index is -0.132. The number of amides is 1. The number of rotatable bonds is 7. The Kier molecular flexibility index (Phi) is 5.87. The Morgan fingerprint density at radius 1 is 0.941 bits per heavy atom. The number of aromatic amines is 1. The molecule has 1 aromatic heterocycles. The summed E-state index contributed by atoms with van der Waals surface area (Å²) in [6.45, 7) is 3.84. The van der Waals surface area contributed by atoms with Gasteiger partial charge in [0.05, 0.1) is 11.7 Å². The zero-order valence-electron chi connectivity index (χ0n) is 19.1. The molecule has 0 saturated heterocycles. The van der Waals surface area contributed by atoms with Gasteiger partial charge in [-0.3, -0.25) is 9.89 Å². The number of ether oxygens (including phenoxy) is 1. The molecule has 1 amide bonds. The predicted molar refractivity (Wildman–Crippen MR) is 138 cm³/mol. The van der Waals surface area contributed by atoms with Crippen LogP contribution >= 0.6 is 0 Å². The lowest BCUT2D eigenvalue weighted by Gasteiger charge is -2.14. The second-order valence-corrected chi connectivity index (χ2v) is 8.58. The zero-order chi connectivity index (χ0) is 23.5. The second-order valence-electron chi connectivity index (χ2n) is 8.58. The molecule has 4 aromatic carbocycles. The molecule has 0 aliphatic carbocycles. The number of benzene rings is 4. The molecular weight excluding hydrogens is 424 g/mol. The third-order valence-electron chi connectivity index (χ3n) is 5.57. The van der Waals surface area contributed by atoms with Gasteiger partial charge in [-0.05, 0) is 72.8 Å². The van der Waals surface area contributed by atoms with Gasteiger partial charge in [-0.25, -0.2) is 0 Å². The number of hydrogen-bond acceptors (Lipinski definition) is 4. The number of carbonyl (C=O) groups is 1. The van der Waals surface area contributed by atoms with E-state index in [2.05, 4.69) is 51.2 Å². The first-order valence-corrected chi connectivity index (χ1v) is 11.3. The molecule has 0 aliphatic rings. The van der Waals surface area contributed by atoms with Crippen LogP contribution in [0.2, 0.25) is 0 Å². The number of nitrogens with zero attached hydrogens (tertiary/aromatic N) is 1. The molecule has 1 heterocycles. The Balaban J connectivity index is 1.46. The van der Waals surface area contributed by atoms with Crippen LogP contribution in [-0.2, 0) is 4.79 Å². The summed E-state index contributed by atoms with van der Waals surface area (Å²) in [5.74, 6) is 0.525. The molecule has 5 aromatic rings. The highest BCUT2D eigenvalue weighted by Gasteiger charge is 2.09. The van der Waals surface area contributed by atoms with Gasteiger partial charge in [0.15, 0.2) is 6.61 Å². The van der Waals surface area contributed by atoms with Gasteiger partial charge in [0, 0.05) is 28.2 Å². The highest BCUT2D eigenvalue weighted by atomic mass is 16.5. The molecule has 6 nitrogen and oxygen atoms in total. The first kappa shape index (κ1) is 21.5. The number of fused-ring (bicyclic) bond motifs is 2. The van der Waals surface area contributed by atoms with Crippen molar-refractivity contribution in [2.45, 2.75) is 19.9 Å². The molecule has 6 heteroatoms. The molecule has 5 rings (SSSR count). The molecule has 0 aliphatic heterocycles. The van der Waals surface area contributed by atoms with E-state index in [1.807, 2.05) is 68.6 Å². The maximum Gasteiger partial charge on any atom is 0.258 e. The predicted octanol–water partition coefficient (Wildman–Crippen LogP) is 6.03. The summed E-state index contributed by atoms with van der Waals surface area (Å²) in [6, 6.07) is 26.7.